The van der Waals surface area contributed by atoms with E-state index in [1.807, 2.05) is 0 Å². The molecule has 0 radical (unpaired) electrons. The van der Waals surface area contributed by atoms with E-state index in [1.165, 1.54) is 18.9 Å². The van der Waals surface area contributed by atoms with Gasteiger partial charge in [0.1, 0.15) is 0 Å². The Morgan fingerprint density at radius 3 is 2.72 bits per heavy atom. The molecular formula is C15H18ClF2N3O3S. The molecule has 1 aromatic carbocycles. The van der Waals surface area contributed by atoms with Crippen LogP contribution in [-0.4, -0.2) is 42.1 Å². The van der Waals surface area contributed by atoms with Crippen LogP contribution in [0, 0.1) is 11.6 Å². The van der Waals surface area contributed by atoms with Gasteiger partial charge in [-0.3, -0.25) is 4.79 Å². The number of carbonyl (C=O) groups is 2. The number of halogens is 3. The number of amides is 3. The van der Waals surface area contributed by atoms with Crippen molar-refractivity contribution in [2.45, 2.75) is 23.7 Å². The molecule has 3 atom stereocenters. The van der Waals surface area contributed by atoms with Gasteiger partial charge >= 0.3 is 6.03 Å². The Balaban J connectivity index is 1.90. The molecule has 1 aromatic rings. The molecule has 2 unspecified atom stereocenters. The molecule has 3 N–H and O–H groups in total. The molecule has 0 bridgehead atoms. The zero-order valence-corrected chi connectivity index (χ0v) is 15.1. The molecule has 0 spiro atoms. The Morgan fingerprint density at radius 1 is 1.48 bits per heavy atom. The van der Waals surface area contributed by atoms with Crippen molar-refractivity contribution in [2.24, 2.45) is 0 Å². The highest BCUT2D eigenvalue weighted by molar-refractivity contribution is 8.00. The lowest BCUT2D eigenvalue weighted by Crippen LogP contribution is -2.54. The first-order valence-electron chi connectivity index (χ1n) is 7.44. The van der Waals surface area contributed by atoms with Crippen LogP contribution < -0.4 is 20.7 Å². The average Bonchev–Trinajstić information content (AvgIpc) is 2.55. The van der Waals surface area contributed by atoms with Crippen molar-refractivity contribution in [3.05, 3.63) is 29.3 Å². The van der Waals surface area contributed by atoms with Crippen molar-refractivity contribution < 1.29 is 23.1 Å². The molecule has 2 rings (SSSR count). The lowest BCUT2D eigenvalue weighted by Gasteiger charge is -2.28. The fourth-order valence-corrected chi connectivity index (χ4v) is 3.54. The summed E-state index contributed by atoms with van der Waals surface area (Å²) < 4.78 is 32.1. The van der Waals surface area contributed by atoms with E-state index >= 15 is 0 Å². The molecule has 1 fully saturated rings. The summed E-state index contributed by atoms with van der Waals surface area (Å²) in [6.45, 7) is 1.92. The highest BCUT2D eigenvalue weighted by Crippen LogP contribution is 2.26. The summed E-state index contributed by atoms with van der Waals surface area (Å²) in [5, 5.41) is 7.07. The Morgan fingerprint density at radius 2 is 2.12 bits per heavy atom. The fourth-order valence-electron chi connectivity index (χ4n) is 2.27. The summed E-state index contributed by atoms with van der Waals surface area (Å²) in [7, 11) is 1.17. The van der Waals surface area contributed by atoms with E-state index in [-0.39, 0.29) is 28.6 Å². The third kappa shape index (κ3) is 5.12. The number of thioether (sulfide) groups is 1. The van der Waals surface area contributed by atoms with E-state index in [9.17, 15) is 18.4 Å². The van der Waals surface area contributed by atoms with Crippen LogP contribution in [0.4, 0.5) is 13.6 Å². The number of nitrogens with one attached hydrogen (secondary N) is 3. The molecule has 0 aromatic heterocycles. The number of carbonyl (C=O) groups excluding carboxylic acids is 2. The minimum absolute atomic E-state index is 0.0413. The Labute approximate surface area is 153 Å². The van der Waals surface area contributed by atoms with Gasteiger partial charge in [-0.15, -0.1) is 23.4 Å². The highest BCUT2D eigenvalue weighted by Gasteiger charge is 2.27. The number of rotatable bonds is 6. The van der Waals surface area contributed by atoms with Crippen LogP contribution in [0.5, 0.6) is 5.75 Å². The van der Waals surface area contributed by atoms with Gasteiger partial charge in [0.25, 0.3) is 0 Å². The molecule has 138 valence electrons. The van der Waals surface area contributed by atoms with Gasteiger partial charge in [0, 0.05) is 6.54 Å². The zero-order valence-electron chi connectivity index (χ0n) is 13.6. The zero-order chi connectivity index (χ0) is 18.6. The lowest BCUT2D eigenvalue weighted by atomic mass is 10.1. The van der Waals surface area contributed by atoms with Crippen molar-refractivity contribution in [3.63, 3.8) is 0 Å². The molecule has 0 saturated carbocycles. The van der Waals surface area contributed by atoms with Gasteiger partial charge in [-0.25, -0.2) is 13.6 Å². The van der Waals surface area contributed by atoms with Gasteiger partial charge in [0.15, 0.2) is 17.4 Å². The lowest BCUT2D eigenvalue weighted by molar-refractivity contribution is -0.119. The predicted molar refractivity (Wildman–Crippen MR) is 91.9 cm³/mol. The van der Waals surface area contributed by atoms with Crippen LogP contribution in [0.1, 0.15) is 18.5 Å². The summed E-state index contributed by atoms with van der Waals surface area (Å²) >= 11 is 7.25. The van der Waals surface area contributed by atoms with Gasteiger partial charge in [-0.1, -0.05) is 0 Å². The standard InChI is InChI=1S/C15H18ClF2N3O3S/c1-7(8-3-10(17)13(24-2)11(18)4-8)20-12(22)6-25-14-9(16)5-19-15(23)21-14/h3-4,7,9,14H,5-6H2,1-2H3,(H,20,22)(H2,19,21,23)/t7-,9?,14?/m1/s1. The molecule has 3 amide bonds. The van der Waals surface area contributed by atoms with Crippen molar-refractivity contribution in [3.8, 4) is 5.75 Å². The first kappa shape index (κ1) is 19.6. The fraction of sp³-hybridized carbons (Fsp3) is 0.467. The number of ether oxygens (including phenoxy) is 1. The van der Waals surface area contributed by atoms with Gasteiger partial charge in [0.2, 0.25) is 5.91 Å². The van der Waals surface area contributed by atoms with Crippen molar-refractivity contribution in [2.75, 3.05) is 19.4 Å². The monoisotopic (exact) mass is 393 g/mol. The van der Waals surface area contributed by atoms with E-state index < -0.39 is 28.8 Å². The first-order chi connectivity index (χ1) is 11.8. The maximum atomic E-state index is 13.7. The van der Waals surface area contributed by atoms with E-state index in [4.69, 9.17) is 11.6 Å². The van der Waals surface area contributed by atoms with Gasteiger partial charge in [-0.2, -0.15) is 0 Å². The van der Waals surface area contributed by atoms with Crippen molar-refractivity contribution >= 4 is 35.3 Å². The third-order valence-electron chi connectivity index (χ3n) is 3.56. The quantitative estimate of drug-likeness (QED) is 0.647. The summed E-state index contributed by atoms with van der Waals surface area (Å²) in [6.07, 6.45) is 0. The second kappa shape index (κ2) is 8.57. The minimum Gasteiger partial charge on any atom is -0.491 e. The maximum absolute atomic E-state index is 13.7. The molecule has 1 saturated heterocycles. The van der Waals surface area contributed by atoms with Gasteiger partial charge in [-0.05, 0) is 24.6 Å². The van der Waals surface area contributed by atoms with Gasteiger partial charge in [0.05, 0.1) is 29.7 Å². The number of methoxy groups -OCH3 is 1. The number of hydrogen-bond donors (Lipinski definition) is 3. The van der Waals surface area contributed by atoms with Crippen LogP contribution in [-0.2, 0) is 4.79 Å². The van der Waals surface area contributed by atoms with E-state index in [1.54, 1.807) is 6.92 Å². The second-order valence-electron chi connectivity index (χ2n) is 5.41. The topological polar surface area (TPSA) is 79.5 Å². The van der Waals surface area contributed by atoms with Crippen molar-refractivity contribution in [1.29, 1.82) is 0 Å². The molecule has 25 heavy (non-hydrogen) atoms. The van der Waals surface area contributed by atoms with E-state index in [0.29, 0.717) is 6.54 Å². The smallest absolute Gasteiger partial charge is 0.315 e. The predicted octanol–water partition coefficient (Wildman–Crippen LogP) is 2.13. The molecule has 1 aliphatic rings. The molecule has 1 heterocycles. The van der Waals surface area contributed by atoms with Gasteiger partial charge < -0.3 is 20.7 Å². The molecule has 10 heteroatoms. The Hall–Kier alpha value is -1.74. The number of hydrogen-bond acceptors (Lipinski definition) is 4. The van der Waals surface area contributed by atoms with Crippen LogP contribution in [0.3, 0.4) is 0 Å². The third-order valence-corrected chi connectivity index (χ3v) is 5.35. The van der Waals surface area contributed by atoms with Crippen molar-refractivity contribution in [1.82, 2.24) is 16.0 Å². The number of urea groups is 1. The van der Waals surface area contributed by atoms with Crippen LogP contribution in [0.25, 0.3) is 0 Å². The maximum Gasteiger partial charge on any atom is 0.315 e. The molecular weight excluding hydrogens is 376 g/mol. The Kier molecular flexibility index (Phi) is 6.71. The SMILES string of the molecule is COc1c(F)cc([C@@H](C)NC(=O)CSC2NC(=O)NCC2Cl)cc1F. The van der Waals surface area contributed by atoms with Crippen LogP contribution >= 0.6 is 23.4 Å². The summed E-state index contributed by atoms with van der Waals surface area (Å²) in [5.41, 5.74) is 0.277. The minimum atomic E-state index is -0.838. The largest absolute Gasteiger partial charge is 0.491 e. The Bertz CT molecular complexity index is 642. The number of benzene rings is 1. The van der Waals surface area contributed by atoms with Crippen LogP contribution in [0.15, 0.2) is 12.1 Å². The number of alkyl halides is 1. The summed E-state index contributed by atoms with van der Waals surface area (Å²) in [6, 6.07) is 1.29. The average molecular weight is 394 g/mol. The van der Waals surface area contributed by atoms with E-state index in [0.717, 1.165) is 12.1 Å². The summed E-state index contributed by atoms with van der Waals surface area (Å²) in [5.74, 6) is -2.44. The first-order valence-corrected chi connectivity index (χ1v) is 8.92. The molecule has 6 nitrogen and oxygen atoms in total. The van der Waals surface area contributed by atoms with Crippen LogP contribution in [0.2, 0.25) is 0 Å². The van der Waals surface area contributed by atoms with E-state index in [2.05, 4.69) is 20.7 Å². The molecule has 0 aliphatic carbocycles. The normalized spacial score (nSPS) is 21.1. The second-order valence-corrected chi connectivity index (χ2v) is 7.10. The summed E-state index contributed by atoms with van der Waals surface area (Å²) in [4.78, 5) is 23.3. The molecule has 1 aliphatic heterocycles. The highest BCUT2D eigenvalue weighted by atomic mass is 35.5.